The molecule has 0 spiro atoms. The first-order valence-electron chi connectivity index (χ1n) is 6.05. The van der Waals surface area contributed by atoms with E-state index >= 15 is 0 Å². The molecule has 1 saturated heterocycles. The smallest absolute Gasteiger partial charge is 0.224 e. The molecule has 1 fully saturated rings. The van der Waals surface area contributed by atoms with Crippen LogP contribution in [0.1, 0.15) is 5.56 Å². The first-order valence-corrected chi connectivity index (χ1v) is 6.84. The molecule has 1 aromatic carbocycles. The number of aliphatic hydroxyl groups is 1. The van der Waals surface area contributed by atoms with Gasteiger partial charge in [-0.3, -0.25) is 4.79 Å². The molecule has 1 aliphatic rings. The van der Waals surface area contributed by atoms with Crippen molar-refractivity contribution in [2.24, 2.45) is 5.92 Å². The monoisotopic (exact) mass is 348 g/mol. The van der Waals surface area contributed by atoms with Crippen LogP contribution in [0.15, 0.2) is 28.7 Å². The third kappa shape index (κ3) is 5.10. The van der Waals surface area contributed by atoms with Crippen molar-refractivity contribution in [1.82, 2.24) is 10.6 Å². The molecule has 0 aromatic heterocycles. The van der Waals surface area contributed by atoms with Crippen LogP contribution in [0.2, 0.25) is 0 Å². The molecular weight excluding hydrogens is 332 g/mol. The maximum absolute atomic E-state index is 11.8. The van der Waals surface area contributed by atoms with E-state index < -0.39 is 0 Å². The minimum Gasteiger partial charge on any atom is -0.391 e. The summed E-state index contributed by atoms with van der Waals surface area (Å²) in [6.45, 7) is 1.91. The highest BCUT2D eigenvalue weighted by molar-refractivity contribution is 9.10. The summed E-state index contributed by atoms with van der Waals surface area (Å²) in [5.74, 6) is 0.114. The van der Waals surface area contributed by atoms with E-state index in [2.05, 4.69) is 26.6 Å². The number of halogens is 2. The van der Waals surface area contributed by atoms with Gasteiger partial charge in [-0.2, -0.15) is 0 Å². The van der Waals surface area contributed by atoms with Crippen LogP contribution in [0.25, 0.3) is 0 Å². The summed E-state index contributed by atoms with van der Waals surface area (Å²) < 4.78 is 0.975. The molecule has 2 rings (SSSR count). The normalized spacial score (nSPS) is 21.8. The highest BCUT2D eigenvalue weighted by Crippen LogP contribution is 2.12. The van der Waals surface area contributed by atoms with Crippen LogP contribution in [0, 0.1) is 5.92 Å². The van der Waals surface area contributed by atoms with Crippen molar-refractivity contribution in [3.8, 4) is 0 Å². The molecular formula is C13H18BrClN2O2. The van der Waals surface area contributed by atoms with Crippen LogP contribution in [0.5, 0.6) is 0 Å². The Bertz CT molecular complexity index is 431. The summed E-state index contributed by atoms with van der Waals surface area (Å²) in [6, 6.07) is 7.71. The fraction of sp³-hybridized carbons (Fsp3) is 0.462. The highest BCUT2D eigenvalue weighted by atomic mass is 79.9. The zero-order valence-corrected chi connectivity index (χ0v) is 12.8. The molecule has 19 heavy (non-hydrogen) atoms. The largest absolute Gasteiger partial charge is 0.391 e. The molecule has 0 bridgehead atoms. The van der Waals surface area contributed by atoms with Gasteiger partial charge in [0.1, 0.15) is 0 Å². The molecule has 6 heteroatoms. The zero-order chi connectivity index (χ0) is 13.0. The van der Waals surface area contributed by atoms with E-state index in [-0.39, 0.29) is 30.3 Å². The van der Waals surface area contributed by atoms with Crippen LogP contribution in [0.3, 0.4) is 0 Å². The van der Waals surface area contributed by atoms with Gasteiger partial charge in [0.05, 0.1) is 12.5 Å². The fourth-order valence-corrected chi connectivity index (χ4v) is 2.51. The van der Waals surface area contributed by atoms with Gasteiger partial charge in [0.2, 0.25) is 5.91 Å². The van der Waals surface area contributed by atoms with Crippen molar-refractivity contribution in [2.45, 2.75) is 12.5 Å². The zero-order valence-electron chi connectivity index (χ0n) is 10.4. The number of β-amino-alcohol motifs (C(OH)–C–C–N with tert-alkyl or cyclic N) is 1. The number of hydrogen-bond acceptors (Lipinski definition) is 3. The van der Waals surface area contributed by atoms with Gasteiger partial charge in [0, 0.05) is 30.0 Å². The lowest BCUT2D eigenvalue weighted by Gasteiger charge is -2.14. The predicted octanol–water partition coefficient (Wildman–Crippen LogP) is 1.11. The lowest BCUT2D eigenvalue weighted by molar-refractivity contribution is -0.120. The quantitative estimate of drug-likeness (QED) is 0.763. The summed E-state index contributed by atoms with van der Waals surface area (Å²) in [5.41, 5.74) is 0.979. The average Bonchev–Trinajstić information content (AvgIpc) is 2.72. The highest BCUT2D eigenvalue weighted by Gasteiger charge is 2.24. The van der Waals surface area contributed by atoms with E-state index in [1.807, 2.05) is 24.3 Å². The number of hydrogen-bond donors (Lipinski definition) is 3. The molecule has 1 amide bonds. The molecule has 1 aliphatic heterocycles. The molecule has 0 saturated carbocycles. The lowest BCUT2D eigenvalue weighted by atomic mass is 10.1. The van der Waals surface area contributed by atoms with Crippen molar-refractivity contribution in [3.05, 3.63) is 34.3 Å². The van der Waals surface area contributed by atoms with Crippen molar-refractivity contribution >= 4 is 34.2 Å². The SMILES string of the molecule is Cl.O=C(Cc1cccc(Br)c1)NCC1CNCC1O. The first kappa shape index (κ1) is 16.4. The Morgan fingerprint density at radius 3 is 2.89 bits per heavy atom. The fourth-order valence-electron chi connectivity index (χ4n) is 2.07. The van der Waals surface area contributed by atoms with Gasteiger partial charge in [-0.25, -0.2) is 0 Å². The number of carbonyl (C=O) groups is 1. The Labute approximate surface area is 127 Å². The minimum atomic E-state index is -0.351. The minimum absolute atomic E-state index is 0. The van der Waals surface area contributed by atoms with Crippen LogP contribution in [-0.2, 0) is 11.2 Å². The Morgan fingerprint density at radius 1 is 1.47 bits per heavy atom. The molecule has 3 N–H and O–H groups in total. The molecule has 0 aliphatic carbocycles. The van der Waals surface area contributed by atoms with E-state index in [4.69, 9.17) is 0 Å². The van der Waals surface area contributed by atoms with E-state index in [1.165, 1.54) is 0 Å². The van der Waals surface area contributed by atoms with Gasteiger partial charge in [-0.15, -0.1) is 12.4 Å². The molecule has 2 unspecified atom stereocenters. The molecule has 106 valence electrons. The Kier molecular flexibility index (Phi) is 6.79. The molecule has 4 nitrogen and oxygen atoms in total. The first-order chi connectivity index (χ1) is 8.65. The van der Waals surface area contributed by atoms with Crippen LogP contribution in [0.4, 0.5) is 0 Å². The summed E-state index contributed by atoms with van der Waals surface area (Å²) in [4.78, 5) is 11.8. The van der Waals surface area contributed by atoms with Crippen molar-refractivity contribution in [3.63, 3.8) is 0 Å². The lowest BCUT2D eigenvalue weighted by Crippen LogP contribution is -2.35. The molecule has 1 heterocycles. The Hall–Kier alpha value is -0.620. The van der Waals surface area contributed by atoms with E-state index in [0.717, 1.165) is 16.6 Å². The summed E-state index contributed by atoms with van der Waals surface area (Å²) >= 11 is 3.38. The van der Waals surface area contributed by atoms with E-state index in [9.17, 15) is 9.90 Å². The second-order valence-corrected chi connectivity index (χ2v) is 5.51. The number of benzene rings is 1. The van der Waals surface area contributed by atoms with Gasteiger partial charge in [-0.05, 0) is 17.7 Å². The number of aliphatic hydroxyl groups excluding tert-OH is 1. The number of nitrogens with one attached hydrogen (secondary N) is 2. The third-order valence-electron chi connectivity index (χ3n) is 3.12. The summed E-state index contributed by atoms with van der Waals surface area (Å²) in [7, 11) is 0. The second-order valence-electron chi connectivity index (χ2n) is 4.60. The van der Waals surface area contributed by atoms with Gasteiger partial charge in [-0.1, -0.05) is 28.1 Å². The number of rotatable bonds is 4. The van der Waals surface area contributed by atoms with Gasteiger partial charge >= 0.3 is 0 Å². The van der Waals surface area contributed by atoms with Gasteiger partial charge < -0.3 is 15.7 Å². The number of amides is 1. The van der Waals surface area contributed by atoms with Crippen molar-refractivity contribution in [1.29, 1.82) is 0 Å². The Morgan fingerprint density at radius 2 is 2.26 bits per heavy atom. The summed E-state index contributed by atoms with van der Waals surface area (Å²) in [6.07, 6.45) is 0.0199. The van der Waals surface area contributed by atoms with E-state index in [0.29, 0.717) is 19.5 Å². The standard InChI is InChI=1S/C13H17BrN2O2.ClH/c14-11-3-1-2-9(4-11)5-13(18)16-7-10-6-15-8-12(10)17;/h1-4,10,12,15,17H,5-8H2,(H,16,18);1H. The maximum atomic E-state index is 11.8. The summed E-state index contributed by atoms with van der Waals surface area (Å²) in [5, 5.41) is 15.6. The van der Waals surface area contributed by atoms with Crippen molar-refractivity contribution in [2.75, 3.05) is 19.6 Å². The van der Waals surface area contributed by atoms with Crippen molar-refractivity contribution < 1.29 is 9.90 Å². The average molecular weight is 350 g/mol. The molecule has 2 atom stereocenters. The maximum Gasteiger partial charge on any atom is 0.224 e. The Balaban J connectivity index is 0.00000180. The number of carbonyl (C=O) groups excluding carboxylic acids is 1. The van der Waals surface area contributed by atoms with Gasteiger partial charge in [0.25, 0.3) is 0 Å². The third-order valence-corrected chi connectivity index (χ3v) is 3.61. The van der Waals surface area contributed by atoms with Gasteiger partial charge in [0.15, 0.2) is 0 Å². The molecule has 1 aromatic rings. The topological polar surface area (TPSA) is 61.4 Å². The second kappa shape index (κ2) is 7.85. The molecule has 0 radical (unpaired) electrons. The van der Waals surface area contributed by atoms with Crippen LogP contribution in [-0.4, -0.2) is 36.8 Å². The predicted molar refractivity (Wildman–Crippen MR) is 80.5 cm³/mol. The van der Waals surface area contributed by atoms with Crippen LogP contribution >= 0.6 is 28.3 Å². The van der Waals surface area contributed by atoms with E-state index in [1.54, 1.807) is 0 Å². The van der Waals surface area contributed by atoms with Crippen LogP contribution < -0.4 is 10.6 Å².